The van der Waals surface area contributed by atoms with E-state index >= 15 is 0 Å². The number of ether oxygens (including phenoxy) is 1. The molecule has 0 aromatic heterocycles. The van der Waals surface area contributed by atoms with E-state index in [0.717, 1.165) is 13.1 Å². The van der Waals surface area contributed by atoms with Crippen molar-refractivity contribution in [2.75, 3.05) is 19.6 Å². The fraction of sp³-hybridized carbons (Fsp3) is 0.929. The van der Waals surface area contributed by atoms with Crippen molar-refractivity contribution in [1.29, 1.82) is 0 Å². The summed E-state index contributed by atoms with van der Waals surface area (Å²) in [7, 11) is 0. The van der Waals surface area contributed by atoms with Crippen molar-refractivity contribution >= 4 is 30.7 Å². The number of nitrogens with zero attached hydrogens (tertiary/aromatic N) is 1. The third-order valence-electron chi connectivity index (χ3n) is 3.54. The minimum absolute atomic E-state index is 0. The summed E-state index contributed by atoms with van der Waals surface area (Å²) in [4.78, 5) is 14.2. The Hall–Kier alpha value is -0.0700. The van der Waals surface area contributed by atoms with E-state index in [1.807, 2.05) is 0 Å². The van der Waals surface area contributed by atoms with Gasteiger partial charge in [0.2, 0.25) is 5.91 Å². The number of carbonyl (C=O) groups is 1. The Morgan fingerprint density at radius 3 is 2.00 bits per heavy atom. The number of halogens is 2. The number of nitrogens with two attached hydrogens (primary N) is 1. The normalized spacial score (nSPS) is 23.8. The van der Waals surface area contributed by atoms with Crippen LogP contribution < -0.4 is 11.1 Å². The van der Waals surface area contributed by atoms with E-state index in [1.165, 1.54) is 0 Å². The lowest BCUT2D eigenvalue weighted by molar-refractivity contribution is -0.126. The van der Waals surface area contributed by atoms with Crippen LogP contribution in [0.25, 0.3) is 0 Å². The third kappa shape index (κ3) is 7.15. The van der Waals surface area contributed by atoms with Gasteiger partial charge in [0.1, 0.15) is 0 Å². The van der Waals surface area contributed by atoms with E-state index < -0.39 is 5.54 Å². The fourth-order valence-electron chi connectivity index (χ4n) is 2.31. The van der Waals surface area contributed by atoms with E-state index in [4.69, 9.17) is 10.5 Å². The number of hydrogen-bond acceptors (Lipinski definition) is 4. The van der Waals surface area contributed by atoms with E-state index in [9.17, 15) is 4.79 Å². The SMILES string of the molecule is CC1CN(C(C)(C)CNC(=O)C(C)(C)N)CC(C)O1.Cl.Cl. The lowest BCUT2D eigenvalue weighted by Gasteiger charge is -2.45. The van der Waals surface area contributed by atoms with Crippen LogP contribution in [-0.4, -0.2) is 53.7 Å². The monoisotopic (exact) mass is 343 g/mol. The number of amides is 1. The number of rotatable bonds is 4. The molecule has 1 amide bonds. The van der Waals surface area contributed by atoms with Crippen LogP contribution in [-0.2, 0) is 9.53 Å². The van der Waals surface area contributed by atoms with Crippen molar-refractivity contribution in [2.45, 2.75) is 64.8 Å². The highest BCUT2D eigenvalue weighted by atomic mass is 35.5. The summed E-state index contributed by atoms with van der Waals surface area (Å²) in [5.74, 6) is -0.116. The largest absolute Gasteiger partial charge is 0.373 e. The molecule has 0 bridgehead atoms. The van der Waals surface area contributed by atoms with Crippen LogP contribution >= 0.6 is 24.8 Å². The Balaban J connectivity index is 0. The maximum absolute atomic E-state index is 11.8. The van der Waals surface area contributed by atoms with Crippen LogP contribution in [0.4, 0.5) is 0 Å². The van der Waals surface area contributed by atoms with Gasteiger partial charge in [-0.05, 0) is 41.5 Å². The molecule has 128 valence electrons. The van der Waals surface area contributed by atoms with Crippen molar-refractivity contribution in [3.8, 4) is 0 Å². The molecule has 0 saturated carbocycles. The zero-order valence-electron chi connectivity index (χ0n) is 13.9. The second-order valence-electron chi connectivity index (χ2n) is 6.88. The zero-order valence-corrected chi connectivity index (χ0v) is 15.6. The summed E-state index contributed by atoms with van der Waals surface area (Å²) in [6.07, 6.45) is 0.453. The second-order valence-corrected chi connectivity index (χ2v) is 6.88. The summed E-state index contributed by atoms with van der Waals surface area (Å²) in [5.41, 5.74) is 4.85. The molecule has 2 atom stereocenters. The molecule has 0 aromatic rings. The fourth-order valence-corrected chi connectivity index (χ4v) is 2.31. The van der Waals surface area contributed by atoms with Gasteiger partial charge < -0.3 is 15.8 Å². The number of carbonyl (C=O) groups excluding carboxylic acids is 1. The van der Waals surface area contributed by atoms with E-state index in [2.05, 4.69) is 37.9 Å². The van der Waals surface area contributed by atoms with Gasteiger partial charge in [-0.3, -0.25) is 9.69 Å². The molecule has 5 nitrogen and oxygen atoms in total. The van der Waals surface area contributed by atoms with E-state index in [0.29, 0.717) is 6.54 Å². The molecule has 1 heterocycles. The van der Waals surface area contributed by atoms with Gasteiger partial charge in [0.25, 0.3) is 0 Å². The van der Waals surface area contributed by atoms with Crippen LogP contribution in [0, 0.1) is 0 Å². The van der Waals surface area contributed by atoms with E-state index in [-0.39, 0.29) is 48.5 Å². The molecule has 1 aliphatic rings. The number of nitrogens with one attached hydrogen (secondary N) is 1. The van der Waals surface area contributed by atoms with Crippen molar-refractivity contribution < 1.29 is 9.53 Å². The maximum atomic E-state index is 11.8. The minimum Gasteiger partial charge on any atom is -0.373 e. The standard InChI is InChI=1S/C14H29N3O2.2ClH/c1-10-7-17(8-11(2)19-10)13(3,4)9-16-12(18)14(5,6)15;;/h10-11H,7-9,15H2,1-6H3,(H,16,18);2*1H. The van der Waals surface area contributed by atoms with Gasteiger partial charge >= 0.3 is 0 Å². The van der Waals surface area contributed by atoms with Gasteiger partial charge in [0.05, 0.1) is 17.7 Å². The highest BCUT2D eigenvalue weighted by molar-refractivity contribution is 5.86. The molecule has 7 heteroatoms. The van der Waals surface area contributed by atoms with Crippen LogP contribution in [0.5, 0.6) is 0 Å². The molecule has 1 rings (SSSR count). The molecular formula is C14H31Cl2N3O2. The first-order chi connectivity index (χ1) is 8.52. The Morgan fingerprint density at radius 1 is 1.19 bits per heavy atom. The molecule has 2 unspecified atom stereocenters. The number of morpholine rings is 1. The molecule has 1 fully saturated rings. The first kappa shape index (κ1) is 23.2. The smallest absolute Gasteiger partial charge is 0.239 e. The van der Waals surface area contributed by atoms with Gasteiger partial charge in [0, 0.05) is 25.2 Å². The molecule has 0 radical (unpaired) electrons. The maximum Gasteiger partial charge on any atom is 0.239 e. The van der Waals surface area contributed by atoms with Crippen LogP contribution in [0.2, 0.25) is 0 Å². The first-order valence-corrected chi connectivity index (χ1v) is 7.00. The lowest BCUT2D eigenvalue weighted by atomic mass is 9.99. The topological polar surface area (TPSA) is 67.6 Å². The highest BCUT2D eigenvalue weighted by Gasteiger charge is 2.34. The molecular weight excluding hydrogens is 313 g/mol. The minimum atomic E-state index is -0.832. The van der Waals surface area contributed by atoms with Gasteiger partial charge in [-0.25, -0.2) is 0 Å². The zero-order chi connectivity index (χ0) is 14.8. The first-order valence-electron chi connectivity index (χ1n) is 7.00. The van der Waals surface area contributed by atoms with E-state index in [1.54, 1.807) is 13.8 Å². The molecule has 1 saturated heterocycles. The average molecular weight is 344 g/mol. The Morgan fingerprint density at radius 2 is 1.62 bits per heavy atom. The molecule has 1 aliphatic heterocycles. The Bertz CT molecular complexity index is 323. The molecule has 0 spiro atoms. The van der Waals surface area contributed by atoms with Gasteiger partial charge in [-0.1, -0.05) is 0 Å². The predicted octanol–water partition coefficient (Wildman–Crippen LogP) is 1.57. The third-order valence-corrected chi connectivity index (χ3v) is 3.54. The Labute approximate surface area is 141 Å². The van der Waals surface area contributed by atoms with Crippen LogP contribution in [0.15, 0.2) is 0 Å². The molecule has 3 N–H and O–H groups in total. The average Bonchev–Trinajstić information content (AvgIpc) is 2.23. The molecule has 21 heavy (non-hydrogen) atoms. The molecule has 0 aliphatic carbocycles. The van der Waals surface area contributed by atoms with Gasteiger partial charge in [0.15, 0.2) is 0 Å². The highest BCUT2D eigenvalue weighted by Crippen LogP contribution is 2.20. The van der Waals surface area contributed by atoms with Crippen molar-refractivity contribution in [3.63, 3.8) is 0 Å². The van der Waals surface area contributed by atoms with Gasteiger partial charge in [-0.2, -0.15) is 0 Å². The lowest BCUT2D eigenvalue weighted by Crippen LogP contribution is -2.60. The van der Waals surface area contributed by atoms with Crippen molar-refractivity contribution in [3.05, 3.63) is 0 Å². The summed E-state index contributed by atoms with van der Waals surface area (Å²) in [6, 6.07) is 0. The summed E-state index contributed by atoms with van der Waals surface area (Å²) < 4.78 is 5.74. The molecule has 0 aromatic carbocycles. The summed E-state index contributed by atoms with van der Waals surface area (Å²) in [5, 5.41) is 2.94. The second kappa shape index (κ2) is 8.53. The Kier molecular flexibility index (Phi) is 9.43. The number of hydrogen-bond donors (Lipinski definition) is 2. The summed E-state index contributed by atoms with van der Waals surface area (Å²) >= 11 is 0. The van der Waals surface area contributed by atoms with Crippen LogP contribution in [0.1, 0.15) is 41.5 Å². The predicted molar refractivity (Wildman–Crippen MR) is 91.4 cm³/mol. The summed E-state index contributed by atoms with van der Waals surface area (Å²) in [6.45, 7) is 14.2. The van der Waals surface area contributed by atoms with Gasteiger partial charge in [-0.15, -0.1) is 24.8 Å². The van der Waals surface area contributed by atoms with Crippen molar-refractivity contribution in [1.82, 2.24) is 10.2 Å². The quantitative estimate of drug-likeness (QED) is 0.812. The van der Waals surface area contributed by atoms with Crippen LogP contribution in [0.3, 0.4) is 0 Å². The van der Waals surface area contributed by atoms with Crippen molar-refractivity contribution in [2.24, 2.45) is 5.73 Å².